The van der Waals surface area contributed by atoms with Crippen LogP contribution in [-0.2, 0) is 17.7 Å². The third-order valence-electron chi connectivity index (χ3n) is 4.05. The number of ether oxygens (including phenoxy) is 1. The Bertz CT molecular complexity index is 616. The summed E-state index contributed by atoms with van der Waals surface area (Å²) in [5.74, 6) is 2.36. The van der Waals surface area contributed by atoms with Gasteiger partial charge in [-0.15, -0.1) is 0 Å². The number of aryl methyl sites for hydroxylation is 2. The first kappa shape index (κ1) is 16.1. The van der Waals surface area contributed by atoms with Gasteiger partial charge in [-0.25, -0.2) is 9.67 Å². The lowest BCUT2D eigenvalue weighted by Gasteiger charge is -2.26. The van der Waals surface area contributed by atoms with Crippen molar-refractivity contribution in [2.75, 3.05) is 32.8 Å². The van der Waals surface area contributed by atoms with Gasteiger partial charge in [0.1, 0.15) is 0 Å². The van der Waals surface area contributed by atoms with Crippen LogP contribution in [0.5, 0.6) is 0 Å². The Hall–Kier alpha value is -1.73. The quantitative estimate of drug-likeness (QED) is 0.776. The summed E-state index contributed by atoms with van der Waals surface area (Å²) in [7, 11) is 0. The van der Waals surface area contributed by atoms with E-state index in [2.05, 4.69) is 27.1 Å². The molecule has 0 aliphatic carbocycles. The molecule has 1 fully saturated rings. The molecule has 0 amide bonds. The average Bonchev–Trinajstić information content (AvgIpc) is 3.18. The largest absolute Gasteiger partial charge is 0.379 e. The van der Waals surface area contributed by atoms with Gasteiger partial charge in [-0.05, 0) is 13.3 Å². The molecule has 1 saturated heterocycles. The summed E-state index contributed by atoms with van der Waals surface area (Å²) >= 11 is 0. The summed E-state index contributed by atoms with van der Waals surface area (Å²) in [6, 6.07) is 1.92. The lowest BCUT2D eigenvalue weighted by Crippen LogP contribution is -2.38. The maximum atomic E-state index is 5.40. The maximum Gasteiger partial charge on any atom is 0.204 e. The Morgan fingerprint density at radius 3 is 2.74 bits per heavy atom. The Labute approximate surface area is 136 Å². The van der Waals surface area contributed by atoms with Gasteiger partial charge in [0.15, 0.2) is 11.6 Å². The highest BCUT2D eigenvalue weighted by atomic mass is 16.5. The molecule has 7 heteroatoms. The molecule has 3 rings (SSSR count). The lowest BCUT2D eigenvalue weighted by atomic mass is 10.2. The Kier molecular flexibility index (Phi) is 5.40. The summed E-state index contributed by atoms with van der Waals surface area (Å²) < 4.78 is 12.7. The van der Waals surface area contributed by atoms with E-state index >= 15 is 0 Å². The van der Waals surface area contributed by atoms with Crippen molar-refractivity contribution in [3.8, 4) is 11.6 Å². The molecule has 0 bridgehead atoms. The Morgan fingerprint density at radius 1 is 1.22 bits per heavy atom. The van der Waals surface area contributed by atoms with E-state index in [-0.39, 0.29) is 0 Å². The van der Waals surface area contributed by atoms with E-state index in [1.165, 1.54) is 0 Å². The van der Waals surface area contributed by atoms with Gasteiger partial charge < -0.3 is 9.26 Å². The molecule has 0 atom stereocenters. The van der Waals surface area contributed by atoms with Gasteiger partial charge in [0.05, 0.1) is 25.5 Å². The minimum atomic E-state index is 0.694. The number of morpholine rings is 1. The number of unbranched alkanes of at least 4 members (excludes halogenated alkanes) is 1. The molecule has 0 radical (unpaired) electrons. The van der Waals surface area contributed by atoms with Crippen molar-refractivity contribution in [3.63, 3.8) is 0 Å². The predicted molar refractivity (Wildman–Crippen MR) is 86.1 cm³/mol. The van der Waals surface area contributed by atoms with E-state index in [1.807, 2.05) is 17.7 Å². The van der Waals surface area contributed by atoms with E-state index in [0.717, 1.165) is 76.0 Å². The highest BCUT2D eigenvalue weighted by molar-refractivity contribution is 5.46. The monoisotopic (exact) mass is 319 g/mol. The molecule has 3 heterocycles. The zero-order valence-corrected chi connectivity index (χ0v) is 14.0. The highest BCUT2D eigenvalue weighted by Gasteiger charge is 2.17. The van der Waals surface area contributed by atoms with Crippen LogP contribution in [0.4, 0.5) is 0 Å². The molecule has 0 spiro atoms. The summed E-state index contributed by atoms with van der Waals surface area (Å²) in [4.78, 5) is 7.07. The number of hydrogen-bond donors (Lipinski definition) is 0. The standard InChI is InChI=1S/C16H25N5O2/c1-3-4-5-15-17-16(14-12-13(2)19-23-14)21(18-15)7-6-20-8-10-22-11-9-20/h12H,3-11H2,1-2H3. The van der Waals surface area contributed by atoms with Gasteiger partial charge in [0.25, 0.3) is 0 Å². The van der Waals surface area contributed by atoms with Crippen LogP contribution >= 0.6 is 0 Å². The van der Waals surface area contributed by atoms with Gasteiger partial charge in [0, 0.05) is 32.1 Å². The fourth-order valence-corrected chi connectivity index (χ4v) is 2.70. The molecule has 2 aromatic rings. The molecule has 2 aromatic heterocycles. The molecule has 23 heavy (non-hydrogen) atoms. The van der Waals surface area contributed by atoms with E-state index in [0.29, 0.717) is 5.76 Å². The topological polar surface area (TPSA) is 69.2 Å². The molecule has 0 N–H and O–H groups in total. The van der Waals surface area contributed by atoms with Crippen LogP contribution in [-0.4, -0.2) is 57.7 Å². The highest BCUT2D eigenvalue weighted by Crippen LogP contribution is 2.19. The first-order chi connectivity index (χ1) is 11.3. The molecular weight excluding hydrogens is 294 g/mol. The van der Waals surface area contributed by atoms with Gasteiger partial charge in [-0.1, -0.05) is 18.5 Å². The molecule has 0 saturated carbocycles. The van der Waals surface area contributed by atoms with Gasteiger partial charge >= 0.3 is 0 Å². The normalized spacial score (nSPS) is 16.1. The number of aromatic nitrogens is 4. The number of rotatable bonds is 7. The second-order valence-corrected chi connectivity index (χ2v) is 5.96. The summed E-state index contributed by atoms with van der Waals surface area (Å²) in [6.45, 7) is 9.42. The van der Waals surface area contributed by atoms with Crippen LogP contribution in [0.15, 0.2) is 10.6 Å². The number of nitrogens with zero attached hydrogens (tertiary/aromatic N) is 5. The molecule has 1 aliphatic rings. The van der Waals surface area contributed by atoms with Crippen molar-refractivity contribution in [1.29, 1.82) is 0 Å². The lowest BCUT2D eigenvalue weighted by molar-refractivity contribution is 0.0360. The molecule has 1 aliphatic heterocycles. The molecule has 0 unspecified atom stereocenters. The van der Waals surface area contributed by atoms with Crippen LogP contribution in [0.1, 0.15) is 31.3 Å². The van der Waals surface area contributed by atoms with E-state index in [9.17, 15) is 0 Å². The molecule has 126 valence electrons. The first-order valence-electron chi connectivity index (χ1n) is 8.44. The Morgan fingerprint density at radius 2 is 2.04 bits per heavy atom. The molecular formula is C16H25N5O2. The second-order valence-electron chi connectivity index (χ2n) is 5.96. The van der Waals surface area contributed by atoms with Gasteiger partial charge in [0.2, 0.25) is 5.76 Å². The summed E-state index contributed by atoms with van der Waals surface area (Å²) in [6.07, 6.45) is 3.14. The molecule has 0 aromatic carbocycles. The first-order valence-corrected chi connectivity index (χ1v) is 8.44. The predicted octanol–water partition coefficient (Wildman–Crippen LogP) is 1.92. The third kappa shape index (κ3) is 4.17. The fourth-order valence-electron chi connectivity index (χ4n) is 2.70. The van der Waals surface area contributed by atoms with Crippen molar-refractivity contribution in [2.45, 2.75) is 39.7 Å². The summed E-state index contributed by atoms with van der Waals surface area (Å²) in [5, 5.41) is 8.65. The molecule has 7 nitrogen and oxygen atoms in total. The van der Waals surface area contributed by atoms with Gasteiger partial charge in [-0.3, -0.25) is 4.90 Å². The van der Waals surface area contributed by atoms with Crippen molar-refractivity contribution >= 4 is 0 Å². The summed E-state index contributed by atoms with van der Waals surface area (Å²) in [5.41, 5.74) is 0.859. The van der Waals surface area contributed by atoms with Crippen LogP contribution in [0, 0.1) is 6.92 Å². The van der Waals surface area contributed by atoms with E-state index in [1.54, 1.807) is 0 Å². The zero-order chi connectivity index (χ0) is 16.1. The van der Waals surface area contributed by atoms with Crippen molar-refractivity contribution in [2.24, 2.45) is 0 Å². The van der Waals surface area contributed by atoms with Crippen LogP contribution < -0.4 is 0 Å². The third-order valence-corrected chi connectivity index (χ3v) is 4.05. The zero-order valence-electron chi connectivity index (χ0n) is 14.0. The van der Waals surface area contributed by atoms with Crippen molar-refractivity contribution < 1.29 is 9.26 Å². The fraction of sp³-hybridized carbons (Fsp3) is 0.688. The average molecular weight is 319 g/mol. The minimum Gasteiger partial charge on any atom is -0.379 e. The van der Waals surface area contributed by atoms with Gasteiger partial charge in [-0.2, -0.15) is 5.10 Å². The maximum absolute atomic E-state index is 5.40. The van der Waals surface area contributed by atoms with E-state index in [4.69, 9.17) is 9.26 Å². The SMILES string of the molecule is CCCCc1nc(-c2cc(C)no2)n(CCN2CCOCC2)n1. The second kappa shape index (κ2) is 7.70. The van der Waals surface area contributed by atoms with Crippen molar-refractivity contribution in [3.05, 3.63) is 17.6 Å². The van der Waals surface area contributed by atoms with E-state index < -0.39 is 0 Å². The van der Waals surface area contributed by atoms with Crippen molar-refractivity contribution in [1.82, 2.24) is 24.8 Å². The minimum absolute atomic E-state index is 0.694. The van der Waals surface area contributed by atoms with Crippen LogP contribution in [0.25, 0.3) is 11.6 Å². The smallest absolute Gasteiger partial charge is 0.204 e. The Balaban J connectivity index is 1.74. The number of hydrogen-bond acceptors (Lipinski definition) is 6. The van der Waals surface area contributed by atoms with Crippen LogP contribution in [0.3, 0.4) is 0 Å². The van der Waals surface area contributed by atoms with Crippen LogP contribution in [0.2, 0.25) is 0 Å².